The van der Waals surface area contributed by atoms with Crippen LogP contribution in [0.25, 0.3) is 0 Å². The van der Waals surface area contributed by atoms with Crippen molar-refractivity contribution in [1.29, 1.82) is 0 Å². The van der Waals surface area contributed by atoms with E-state index < -0.39 is 5.97 Å². The Labute approximate surface area is 182 Å². The van der Waals surface area contributed by atoms with Crippen LogP contribution in [0, 0.1) is 5.92 Å². The molecule has 2 aromatic carbocycles. The largest absolute Gasteiger partial charge is 0.497 e. The molecule has 0 saturated heterocycles. The molecule has 0 aromatic heterocycles. The summed E-state index contributed by atoms with van der Waals surface area (Å²) in [5.41, 5.74) is 3.75. The number of hydrogen-bond donors (Lipinski definition) is 1. The summed E-state index contributed by atoms with van der Waals surface area (Å²) in [6.45, 7) is 2.26. The number of methoxy groups -OCH3 is 1. The van der Waals surface area contributed by atoms with Gasteiger partial charge in [0.2, 0.25) is 5.91 Å². The molecule has 7 nitrogen and oxygen atoms in total. The van der Waals surface area contributed by atoms with E-state index in [2.05, 4.69) is 10.5 Å². The fourth-order valence-corrected chi connectivity index (χ4v) is 3.47. The number of nitrogens with one attached hydrogen (secondary N) is 1. The van der Waals surface area contributed by atoms with Crippen molar-refractivity contribution < 1.29 is 23.8 Å². The van der Waals surface area contributed by atoms with Crippen molar-refractivity contribution in [2.75, 3.05) is 13.7 Å². The van der Waals surface area contributed by atoms with Gasteiger partial charge in [-0.1, -0.05) is 19.3 Å². The molecule has 7 heteroatoms. The van der Waals surface area contributed by atoms with Crippen molar-refractivity contribution >= 4 is 18.1 Å². The second kappa shape index (κ2) is 11.2. The second-order valence-electron chi connectivity index (χ2n) is 7.33. The van der Waals surface area contributed by atoms with E-state index in [1.807, 2.05) is 6.92 Å². The molecule has 1 aliphatic carbocycles. The highest BCUT2D eigenvalue weighted by molar-refractivity contribution is 5.92. The van der Waals surface area contributed by atoms with Crippen LogP contribution in [-0.4, -0.2) is 31.8 Å². The zero-order valence-electron chi connectivity index (χ0n) is 17.9. The minimum absolute atomic E-state index is 0.0361. The minimum atomic E-state index is -0.496. The van der Waals surface area contributed by atoms with Crippen LogP contribution in [0.2, 0.25) is 0 Å². The fourth-order valence-electron chi connectivity index (χ4n) is 3.47. The van der Waals surface area contributed by atoms with E-state index in [9.17, 15) is 9.59 Å². The molecule has 1 fully saturated rings. The van der Waals surface area contributed by atoms with E-state index in [-0.39, 0.29) is 11.8 Å². The van der Waals surface area contributed by atoms with Crippen LogP contribution in [0.15, 0.2) is 47.6 Å². The Bertz CT molecular complexity index is 918. The van der Waals surface area contributed by atoms with Crippen molar-refractivity contribution in [3.05, 3.63) is 53.6 Å². The van der Waals surface area contributed by atoms with Gasteiger partial charge in [0, 0.05) is 5.92 Å². The Morgan fingerprint density at radius 1 is 1.06 bits per heavy atom. The first kappa shape index (κ1) is 22.3. The molecular weight excluding hydrogens is 396 g/mol. The number of amides is 1. The maximum absolute atomic E-state index is 12.5. The summed E-state index contributed by atoms with van der Waals surface area (Å²) in [5, 5.41) is 4.07. The van der Waals surface area contributed by atoms with Crippen LogP contribution in [0.4, 0.5) is 0 Å². The summed E-state index contributed by atoms with van der Waals surface area (Å²) in [6, 6.07) is 11.8. The van der Waals surface area contributed by atoms with E-state index in [0.29, 0.717) is 29.4 Å². The van der Waals surface area contributed by atoms with Gasteiger partial charge in [0.05, 0.1) is 25.5 Å². The molecule has 0 aliphatic heterocycles. The van der Waals surface area contributed by atoms with E-state index in [1.54, 1.807) is 55.8 Å². The Balaban J connectivity index is 1.65. The molecule has 1 saturated carbocycles. The molecule has 164 valence electrons. The number of rotatable bonds is 8. The van der Waals surface area contributed by atoms with E-state index in [4.69, 9.17) is 14.2 Å². The predicted octanol–water partition coefficient (Wildman–Crippen LogP) is 4.34. The number of nitrogens with zero attached hydrogens (tertiary/aromatic N) is 1. The summed E-state index contributed by atoms with van der Waals surface area (Å²) >= 11 is 0. The Kier molecular flexibility index (Phi) is 8.04. The lowest BCUT2D eigenvalue weighted by molar-refractivity contribution is -0.125. The zero-order valence-corrected chi connectivity index (χ0v) is 17.9. The van der Waals surface area contributed by atoms with Crippen molar-refractivity contribution in [3.63, 3.8) is 0 Å². The van der Waals surface area contributed by atoms with Gasteiger partial charge >= 0.3 is 5.97 Å². The highest BCUT2D eigenvalue weighted by Gasteiger charge is 2.20. The van der Waals surface area contributed by atoms with Crippen LogP contribution in [0.1, 0.15) is 54.9 Å². The first-order valence-electron chi connectivity index (χ1n) is 10.6. The normalized spacial score (nSPS) is 14.3. The standard InChI is InChI=1S/C24H28N2O5/c1-3-30-22-15-17(16-25-26-23(27)18-7-5-4-6-8-18)9-14-21(22)31-24(28)19-10-12-20(29-2)13-11-19/h9-16,18H,3-8H2,1-2H3,(H,26,27)/b25-16+. The van der Waals surface area contributed by atoms with Gasteiger partial charge in [-0.05, 0) is 67.8 Å². The van der Waals surface area contributed by atoms with Gasteiger partial charge in [0.1, 0.15) is 5.75 Å². The molecule has 0 spiro atoms. The minimum Gasteiger partial charge on any atom is -0.497 e. The number of benzene rings is 2. The maximum atomic E-state index is 12.5. The van der Waals surface area contributed by atoms with Gasteiger partial charge in [0.25, 0.3) is 0 Å². The van der Waals surface area contributed by atoms with Crippen molar-refractivity contribution in [2.24, 2.45) is 11.0 Å². The Hall–Kier alpha value is -3.35. The molecule has 0 unspecified atom stereocenters. The van der Waals surface area contributed by atoms with Gasteiger partial charge in [-0.3, -0.25) is 4.79 Å². The van der Waals surface area contributed by atoms with E-state index >= 15 is 0 Å². The van der Waals surface area contributed by atoms with E-state index in [0.717, 1.165) is 31.2 Å². The van der Waals surface area contributed by atoms with Crippen LogP contribution in [0.3, 0.4) is 0 Å². The SMILES string of the molecule is CCOc1cc(/C=N/NC(=O)C2CCCCC2)ccc1OC(=O)c1ccc(OC)cc1. The highest BCUT2D eigenvalue weighted by Crippen LogP contribution is 2.29. The van der Waals surface area contributed by atoms with Gasteiger partial charge < -0.3 is 14.2 Å². The van der Waals surface area contributed by atoms with Gasteiger partial charge in [-0.25, -0.2) is 10.2 Å². The van der Waals surface area contributed by atoms with Crippen molar-refractivity contribution in [3.8, 4) is 17.2 Å². The quantitative estimate of drug-likeness (QED) is 0.295. The van der Waals surface area contributed by atoms with Crippen LogP contribution >= 0.6 is 0 Å². The molecule has 31 heavy (non-hydrogen) atoms. The third-order valence-corrected chi connectivity index (χ3v) is 5.16. The average Bonchev–Trinajstić information content (AvgIpc) is 2.81. The number of hydrogen-bond acceptors (Lipinski definition) is 6. The second-order valence-corrected chi connectivity index (χ2v) is 7.33. The summed E-state index contributed by atoms with van der Waals surface area (Å²) in [7, 11) is 1.56. The third kappa shape index (κ3) is 6.31. The van der Waals surface area contributed by atoms with Gasteiger partial charge in [-0.15, -0.1) is 0 Å². The Morgan fingerprint density at radius 3 is 2.48 bits per heavy atom. The highest BCUT2D eigenvalue weighted by atomic mass is 16.6. The number of carbonyl (C=O) groups is 2. The summed E-state index contributed by atoms with van der Waals surface area (Å²) in [5.74, 6) is 0.907. The molecule has 0 bridgehead atoms. The number of carbonyl (C=O) groups excluding carboxylic acids is 2. The van der Waals surface area contributed by atoms with Crippen LogP contribution in [0.5, 0.6) is 17.2 Å². The fraction of sp³-hybridized carbons (Fsp3) is 0.375. The molecule has 1 N–H and O–H groups in total. The van der Waals surface area contributed by atoms with Gasteiger partial charge in [0.15, 0.2) is 11.5 Å². The van der Waals surface area contributed by atoms with Crippen LogP contribution in [-0.2, 0) is 4.79 Å². The molecule has 2 aromatic rings. The van der Waals surface area contributed by atoms with E-state index in [1.165, 1.54) is 6.42 Å². The lowest BCUT2D eigenvalue weighted by atomic mass is 9.89. The maximum Gasteiger partial charge on any atom is 0.343 e. The monoisotopic (exact) mass is 424 g/mol. The molecule has 3 rings (SSSR count). The molecule has 1 amide bonds. The van der Waals surface area contributed by atoms with Crippen molar-refractivity contribution in [2.45, 2.75) is 39.0 Å². The third-order valence-electron chi connectivity index (χ3n) is 5.16. The molecule has 1 aliphatic rings. The molecular formula is C24H28N2O5. The zero-order chi connectivity index (χ0) is 22.1. The first-order valence-corrected chi connectivity index (χ1v) is 10.6. The first-order chi connectivity index (χ1) is 15.1. The summed E-state index contributed by atoms with van der Waals surface area (Å²) < 4.78 is 16.2. The molecule has 0 heterocycles. The lowest BCUT2D eigenvalue weighted by Gasteiger charge is -2.19. The predicted molar refractivity (Wildman–Crippen MR) is 118 cm³/mol. The van der Waals surface area contributed by atoms with Crippen molar-refractivity contribution in [1.82, 2.24) is 5.43 Å². The number of esters is 1. The topological polar surface area (TPSA) is 86.2 Å². The average molecular weight is 424 g/mol. The summed E-state index contributed by atoms with van der Waals surface area (Å²) in [6.07, 6.45) is 6.78. The summed E-state index contributed by atoms with van der Waals surface area (Å²) in [4.78, 5) is 24.7. The molecule has 0 radical (unpaired) electrons. The van der Waals surface area contributed by atoms with Gasteiger partial charge in [-0.2, -0.15) is 5.10 Å². The molecule has 0 atom stereocenters. The number of hydrazone groups is 1. The Morgan fingerprint density at radius 2 is 1.81 bits per heavy atom. The number of ether oxygens (including phenoxy) is 3. The van der Waals surface area contributed by atoms with Crippen LogP contribution < -0.4 is 19.6 Å². The smallest absolute Gasteiger partial charge is 0.343 e. The lowest BCUT2D eigenvalue weighted by Crippen LogP contribution is -2.28.